The lowest BCUT2D eigenvalue weighted by Gasteiger charge is -2.23. The number of allylic oxidation sites excluding steroid dienone is 5. The first-order valence-electron chi connectivity index (χ1n) is 14.6. The number of nitrogen functional groups attached to an aromatic ring is 1. The molecule has 0 radical (unpaired) electrons. The van der Waals surface area contributed by atoms with E-state index in [2.05, 4.69) is 56.1 Å². The number of nitrogens with one attached hydrogen (secondary N) is 2. The minimum Gasteiger partial charge on any atom is -0.398 e. The molecule has 2 aromatic carbocycles. The number of aliphatic imine (C=N–C) groups is 1. The predicted molar refractivity (Wildman–Crippen MR) is 184 cm³/mol. The second-order valence-electron chi connectivity index (χ2n) is 11.3. The van der Waals surface area contributed by atoms with E-state index in [4.69, 9.17) is 10.7 Å². The minimum absolute atomic E-state index is 0.124. The maximum absolute atomic E-state index is 13.9. The summed E-state index contributed by atoms with van der Waals surface area (Å²) in [5.74, 6) is 0.321. The summed E-state index contributed by atoms with van der Waals surface area (Å²) in [4.78, 5) is 9.17. The molecule has 0 aliphatic carbocycles. The van der Waals surface area contributed by atoms with Gasteiger partial charge in [0.2, 0.25) is 0 Å². The number of anilines is 2. The van der Waals surface area contributed by atoms with Gasteiger partial charge in [-0.05, 0) is 71.9 Å². The van der Waals surface area contributed by atoms with Crippen molar-refractivity contribution in [3.05, 3.63) is 127 Å². The highest BCUT2D eigenvalue weighted by molar-refractivity contribution is 6.29. The molecule has 0 saturated carbocycles. The number of benzene rings is 2. The summed E-state index contributed by atoms with van der Waals surface area (Å²) in [5, 5.41) is 6.77. The van der Waals surface area contributed by atoms with Crippen molar-refractivity contribution in [2.45, 2.75) is 54.5 Å². The number of pyridine rings is 1. The Morgan fingerprint density at radius 2 is 1.86 bits per heavy atom. The van der Waals surface area contributed by atoms with Crippen molar-refractivity contribution in [1.29, 1.82) is 0 Å². The number of rotatable bonds is 9. The third-order valence-electron chi connectivity index (χ3n) is 6.75. The van der Waals surface area contributed by atoms with Crippen LogP contribution in [0.3, 0.4) is 0 Å². The standard InChI is InChI=1S/C35H38FN5.C2H6/c1-8-24(16-28(9-2)40-22(3)18-35(5,6)7)25-13-14-32(37)29(17-25)23(4)34-39-20-31-30(19-38-21-33(31)41-34)26-11-10-12-27(36)15-26;1-2/h8-17,19,21,40H,2-4,18,20,37H2,1,5-7H3,(H,39,41);1-2H3/b24-8+,28-16+;. The van der Waals surface area contributed by atoms with E-state index in [1.54, 1.807) is 24.5 Å². The lowest BCUT2D eigenvalue weighted by Crippen LogP contribution is -2.20. The van der Waals surface area contributed by atoms with Crippen LogP contribution >= 0.6 is 0 Å². The Bertz CT molecular complexity index is 1600. The fourth-order valence-corrected chi connectivity index (χ4v) is 4.83. The fraction of sp³-hybridized carbons (Fsp3) is 0.243. The molecule has 224 valence electrons. The second-order valence-corrected chi connectivity index (χ2v) is 11.3. The quantitative estimate of drug-likeness (QED) is 0.175. The first kappa shape index (κ1) is 32.8. The van der Waals surface area contributed by atoms with E-state index in [1.165, 1.54) is 12.1 Å². The monoisotopic (exact) mass is 577 g/mol. The number of amidine groups is 1. The molecule has 0 atom stereocenters. The van der Waals surface area contributed by atoms with Crippen molar-refractivity contribution in [2.24, 2.45) is 10.4 Å². The highest BCUT2D eigenvalue weighted by Crippen LogP contribution is 2.34. The Morgan fingerprint density at radius 1 is 1.12 bits per heavy atom. The van der Waals surface area contributed by atoms with Crippen LogP contribution in [0.25, 0.3) is 22.3 Å². The maximum atomic E-state index is 13.9. The molecule has 43 heavy (non-hydrogen) atoms. The molecule has 3 aromatic rings. The highest BCUT2D eigenvalue weighted by Gasteiger charge is 2.20. The van der Waals surface area contributed by atoms with Crippen LogP contribution in [0.15, 0.2) is 109 Å². The molecular weight excluding hydrogens is 533 g/mol. The van der Waals surface area contributed by atoms with Crippen molar-refractivity contribution in [1.82, 2.24) is 10.3 Å². The number of nitrogens with two attached hydrogens (primary N) is 1. The summed E-state index contributed by atoms with van der Waals surface area (Å²) < 4.78 is 13.9. The summed E-state index contributed by atoms with van der Waals surface area (Å²) in [6, 6.07) is 12.4. The molecule has 1 aromatic heterocycles. The zero-order chi connectivity index (χ0) is 31.7. The molecule has 0 saturated heterocycles. The summed E-state index contributed by atoms with van der Waals surface area (Å²) in [6.07, 6.45) is 10.2. The van der Waals surface area contributed by atoms with Crippen LogP contribution in [0.2, 0.25) is 0 Å². The van der Waals surface area contributed by atoms with Crippen LogP contribution in [-0.4, -0.2) is 10.8 Å². The van der Waals surface area contributed by atoms with Gasteiger partial charge in [0, 0.05) is 45.5 Å². The van der Waals surface area contributed by atoms with Crippen molar-refractivity contribution in [2.75, 3.05) is 11.1 Å². The first-order chi connectivity index (χ1) is 20.5. The Hall–Kier alpha value is -4.71. The Balaban J connectivity index is 0.00000248. The molecule has 1 aliphatic rings. The second kappa shape index (κ2) is 14.5. The molecule has 5 nitrogen and oxygen atoms in total. The summed E-state index contributed by atoms with van der Waals surface area (Å²) in [6.45, 7) is 25.4. The van der Waals surface area contributed by atoms with Crippen LogP contribution in [-0.2, 0) is 6.54 Å². The van der Waals surface area contributed by atoms with E-state index in [1.807, 2.05) is 57.2 Å². The Labute approximate surface area is 256 Å². The zero-order valence-corrected chi connectivity index (χ0v) is 26.3. The van der Waals surface area contributed by atoms with Crippen LogP contribution in [0, 0.1) is 11.2 Å². The number of hydrogen-bond acceptors (Lipinski definition) is 5. The third kappa shape index (κ3) is 8.41. The van der Waals surface area contributed by atoms with Gasteiger partial charge < -0.3 is 16.4 Å². The molecule has 4 N–H and O–H groups in total. The third-order valence-corrected chi connectivity index (χ3v) is 6.75. The van der Waals surface area contributed by atoms with Gasteiger partial charge in [-0.3, -0.25) is 9.98 Å². The SMILES string of the molecule is C=C/C(=C\C(=C/C)c1ccc(N)c(C(=C)C2=NCc3c(cncc3-c3cccc(F)c3)N2)c1)NC(=C)CC(C)(C)C.CC. The van der Waals surface area contributed by atoms with Crippen molar-refractivity contribution >= 4 is 28.4 Å². The number of halogens is 1. The molecular formula is C37H44FN5. The number of aromatic nitrogens is 1. The molecule has 6 heteroatoms. The average molecular weight is 578 g/mol. The smallest absolute Gasteiger partial charge is 0.133 e. The average Bonchev–Trinajstić information content (AvgIpc) is 2.98. The number of hydrogen-bond donors (Lipinski definition) is 3. The van der Waals surface area contributed by atoms with Gasteiger partial charge in [-0.15, -0.1) is 0 Å². The molecule has 0 bridgehead atoms. The van der Waals surface area contributed by atoms with Crippen LogP contribution in [0.1, 0.15) is 64.7 Å². The molecule has 0 amide bonds. The Kier molecular flexibility index (Phi) is 11.0. The largest absolute Gasteiger partial charge is 0.398 e. The number of fused-ring (bicyclic) bond motifs is 1. The van der Waals surface area contributed by atoms with Crippen LogP contribution in [0.5, 0.6) is 0 Å². The first-order valence-corrected chi connectivity index (χ1v) is 14.6. The molecule has 0 unspecified atom stereocenters. The van der Waals surface area contributed by atoms with E-state index in [9.17, 15) is 4.39 Å². The summed E-state index contributed by atoms with van der Waals surface area (Å²) >= 11 is 0. The molecule has 1 aliphatic heterocycles. The van der Waals surface area contributed by atoms with Gasteiger partial charge in [-0.2, -0.15) is 0 Å². The van der Waals surface area contributed by atoms with Gasteiger partial charge in [0.1, 0.15) is 11.7 Å². The lowest BCUT2D eigenvalue weighted by molar-refractivity contribution is 0.403. The summed E-state index contributed by atoms with van der Waals surface area (Å²) in [7, 11) is 0. The van der Waals surface area contributed by atoms with E-state index in [0.29, 0.717) is 23.6 Å². The highest BCUT2D eigenvalue weighted by atomic mass is 19.1. The van der Waals surface area contributed by atoms with Gasteiger partial charge in [0.25, 0.3) is 0 Å². The minimum atomic E-state index is -0.294. The topological polar surface area (TPSA) is 75.3 Å². The lowest BCUT2D eigenvalue weighted by atomic mass is 9.91. The fourth-order valence-electron chi connectivity index (χ4n) is 4.83. The van der Waals surface area contributed by atoms with Crippen molar-refractivity contribution in [3.63, 3.8) is 0 Å². The van der Waals surface area contributed by atoms with Crippen molar-refractivity contribution < 1.29 is 4.39 Å². The van der Waals surface area contributed by atoms with E-state index in [0.717, 1.165) is 56.9 Å². The Morgan fingerprint density at radius 3 is 2.51 bits per heavy atom. The van der Waals surface area contributed by atoms with Crippen LogP contribution in [0.4, 0.5) is 15.8 Å². The predicted octanol–water partition coefficient (Wildman–Crippen LogP) is 9.55. The molecule has 0 fully saturated rings. The zero-order valence-electron chi connectivity index (χ0n) is 26.3. The van der Waals surface area contributed by atoms with Crippen LogP contribution < -0.4 is 16.4 Å². The number of nitrogens with zero attached hydrogens (tertiary/aromatic N) is 2. The van der Waals surface area contributed by atoms with E-state index >= 15 is 0 Å². The van der Waals surface area contributed by atoms with E-state index < -0.39 is 0 Å². The van der Waals surface area contributed by atoms with Gasteiger partial charge in [-0.1, -0.05) is 78.6 Å². The van der Waals surface area contributed by atoms with Gasteiger partial charge in [0.05, 0.1) is 18.4 Å². The van der Waals surface area contributed by atoms with Gasteiger partial charge in [0.15, 0.2) is 0 Å². The van der Waals surface area contributed by atoms with Gasteiger partial charge >= 0.3 is 0 Å². The van der Waals surface area contributed by atoms with E-state index in [-0.39, 0.29) is 11.2 Å². The maximum Gasteiger partial charge on any atom is 0.133 e. The van der Waals surface area contributed by atoms with Crippen molar-refractivity contribution in [3.8, 4) is 11.1 Å². The molecule has 0 spiro atoms. The molecule has 4 rings (SSSR count). The molecule has 2 heterocycles. The normalized spacial score (nSPS) is 13.0. The summed E-state index contributed by atoms with van der Waals surface area (Å²) in [5.41, 5.74) is 15.7. The van der Waals surface area contributed by atoms with Gasteiger partial charge in [-0.25, -0.2) is 4.39 Å².